The molecule has 0 saturated carbocycles. The Hall–Kier alpha value is -2.82. The fourth-order valence-corrected chi connectivity index (χ4v) is 2.88. The Morgan fingerprint density at radius 3 is 2.65 bits per heavy atom. The number of carboxylic acids is 1. The summed E-state index contributed by atoms with van der Waals surface area (Å²) in [5, 5.41) is 9.33. The number of hydrogen-bond acceptors (Lipinski definition) is 3. The minimum absolute atomic E-state index is 0.00839. The van der Waals surface area contributed by atoms with E-state index in [0.29, 0.717) is 0 Å². The number of pyridine rings is 1. The lowest BCUT2D eigenvalue weighted by Crippen LogP contribution is -2.11. The van der Waals surface area contributed by atoms with Gasteiger partial charge in [-0.25, -0.2) is 4.98 Å². The molecule has 1 unspecified atom stereocenters. The van der Waals surface area contributed by atoms with Crippen molar-refractivity contribution in [2.45, 2.75) is 19.3 Å². The van der Waals surface area contributed by atoms with Crippen molar-refractivity contribution in [2.75, 3.05) is 7.11 Å². The molecule has 0 aliphatic carbocycles. The maximum atomic E-state index is 11.4. The van der Waals surface area contributed by atoms with E-state index in [2.05, 4.69) is 4.98 Å². The van der Waals surface area contributed by atoms with E-state index in [1.54, 1.807) is 13.3 Å². The second-order valence-electron chi connectivity index (χ2n) is 5.47. The molecular formula is C18H18N2O3. The van der Waals surface area contributed by atoms with Gasteiger partial charge in [-0.15, -0.1) is 0 Å². The van der Waals surface area contributed by atoms with Crippen LogP contribution < -0.4 is 4.74 Å². The summed E-state index contributed by atoms with van der Waals surface area (Å²) in [7, 11) is 1.61. The Bertz CT molecular complexity index is 837. The number of aromatic nitrogens is 2. The number of fused-ring (bicyclic) bond motifs is 1. The molecular weight excluding hydrogens is 292 g/mol. The first kappa shape index (κ1) is 15.1. The van der Waals surface area contributed by atoms with E-state index in [4.69, 9.17) is 4.74 Å². The predicted molar refractivity (Wildman–Crippen MR) is 87.0 cm³/mol. The summed E-state index contributed by atoms with van der Waals surface area (Å²) in [5.74, 6) is -0.360. The molecule has 0 radical (unpaired) electrons. The van der Waals surface area contributed by atoms with Gasteiger partial charge in [-0.05, 0) is 36.8 Å². The van der Waals surface area contributed by atoms with Gasteiger partial charge < -0.3 is 14.2 Å². The van der Waals surface area contributed by atoms with Crippen LogP contribution in [-0.2, 0) is 4.79 Å². The third-order valence-corrected chi connectivity index (χ3v) is 4.01. The first-order valence-electron chi connectivity index (χ1n) is 7.39. The molecule has 0 bridgehead atoms. The molecule has 0 amide bonds. The maximum absolute atomic E-state index is 11.4. The zero-order valence-corrected chi connectivity index (χ0v) is 13.1. The first-order chi connectivity index (χ1) is 11.1. The van der Waals surface area contributed by atoms with Crippen LogP contribution in [0.1, 0.15) is 29.3 Å². The van der Waals surface area contributed by atoms with Crippen molar-refractivity contribution in [3.8, 4) is 5.75 Å². The Labute approximate surface area is 134 Å². The predicted octanol–water partition coefficient (Wildman–Crippen LogP) is 3.26. The molecule has 0 saturated heterocycles. The van der Waals surface area contributed by atoms with E-state index in [9.17, 15) is 9.90 Å². The zero-order valence-electron chi connectivity index (χ0n) is 13.1. The SMILES string of the molecule is COc1ccc(C(CC(=O)O)c2cnc3cccc(C)n23)cc1. The van der Waals surface area contributed by atoms with Crippen molar-refractivity contribution in [3.63, 3.8) is 0 Å². The van der Waals surface area contributed by atoms with Crippen LogP contribution in [0, 0.1) is 6.92 Å². The van der Waals surface area contributed by atoms with E-state index in [1.807, 2.05) is 53.8 Å². The smallest absolute Gasteiger partial charge is 0.304 e. The molecule has 1 N–H and O–H groups in total. The van der Waals surface area contributed by atoms with Crippen molar-refractivity contribution < 1.29 is 14.6 Å². The van der Waals surface area contributed by atoms with Gasteiger partial charge in [-0.2, -0.15) is 0 Å². The molecule has 0 aliphatic rings. The number of ether oxygens (including phenoxy) is 1. The van der Waals surface area contributed by atoms with E-state index >= 15 is 0 Å². The van der Waals surface area contributed by atoms with Crippen molar-refractivity contribution in [1.82, 2.24) is 9.38 Å². The molecule has 2 aromatic heterocycles. The van der Waals surface area contributed by atoms with E-state index < -0.39 is 5.97 Å². The fraction of sp³-hybridized carbons (Fsp3) is 0.222. The van der Waals surface area contributed by atoms with Gasteiger partial charge in [-0.3, -0.25) is 4.79 Å². The average molecular weight is 310 g/mol. The minimum Gasteiger partial charge on any atom is -0.497 e. The van der Waals surface area contributed by atoms with Crippen molar-refractivity contribution in [2.24, 2.45) is 0 Å². The number of nitrogens with zero attached hydrogens (tertiary/aromatic N) is 2. The van der Waals surface area contributed by atoms with Crippen LogP contribution in [0.3, 0.4) is 0 Å². The summed E-state index contributed by atoms with van der Waals surface area (Å²) in [6, 6.07) is 13.4. The second-order valence-corrected chi connectivity index (χ2v) is 5.47. The molecule has 2 heterocycles. The molecule has 118 valence electrons. The molecule has 23 heavy (non-hydrogen) atoms. The maximum Gasteiger partial charge on any atom is 0.304 e. The third-order valence-electron chi connectivity index (χ3n) is 4.01. The standard InChI is InChI=1S/C18H18N2O3/c1-12-4-3-5-17-19-11-16(20(12)17)15(10-18(21)22)13-6-8-14(23-2)9-7-13/h3-9,11,15H,10H2,1-2H3,(H,21,22). The molecule has 0 fully saturated rings. The van der Waals surface area contributed by atoms with Gasteiger partial charge in [-0.1, -0.05) is 18.2 Å². The van der Waals surface area contributed by atoms with Crippen LogP contribution >= 0.6 is 0 Å². The fourth-order valence-electron chi connectivity index (χ4n) is 2.88. The number of rotatable bonds is 5. The topological polar surface area (TPSA) is 63.8 Å². The van der Waals surface area contributed by atoms with Gasteiger partial charge in [0.25, 0.3) is 0 Å². The highest BCUT2D eigenvalue weighted by Gasteiger charge is 2.22. The summed E-state index contributed by atoms with van der Waals surface area (Å²) in [6.45, 7) is 1.99. The average Bonchev–Trinajstić information content (AvgIpc) is 2.98. The Morgan fingerprint density at radius 2 is 2.00 bits per heavy atom. The van der Waals surface area contributed by atoms with Crippen molar-refractivity contribution >= 4 is 11.6 Å². The van der Waals surface area contributed by atoms with Crippen LogP contribution in [0.2, 0.25) is 0 Å². The van der Waals surface area contributed by atoms with Gasteiger partial charge in [0.05, 0.1) is 19.2 Å². The van der Waals surface area contributed by atoms with Crippen LogP contribution in [0.5, 0.6) is 5.75 Å². The normalized spacial score (nSPS) is 12.3. The number of hydrogen-bond donors (Lipinski definition) is 1. The van der Waals surface area contributed by atoms with Gasteiger partial charge in [0.1, 0.15) is 11.4 Å². The first-order valence-corrected chi connectivity index (χ1v) is 7.39. The Morgan fingerprint density at radius 1 is 1.26 bits per heavy atom. The number of methoxy groups -OCH3 is 1. The van der Waals surface area contributed by atoms with Gasteiger partial charge in [0.15, 0.2) is 0 Å². The lowest BCUT2D eigenvalue weighted by atomic mass is 9.92. The molecule has 1 aromatic carbocycles. The minimum atomic E-state index is -0.839. The largest absolute Gasteiger partial charge is 0.497 e. The zero-order chi connectivity index (χ0) is 16.4. The number of carboxylic acid groups (broad SMARTS) is 1. The molecule has 3 aromatic rings. The van der Waals surface area contributed by atoms with Crippen molar-refractivity contribution in [1.29, 1.82) is 0 Å². The molecule has 0 aliphatic heterocycles. The lowest BCUT2D eigenvalue weighted by Gasteiger charge is -2.17. The van der Waals surface area contributed by atoms with Crippen molar-refractivity contribution in [3.05, 3.63) is 65.6 Å². The number of imidazole rings is 1. The number of benzene rings is 1. The van der Waals surface area contributed by atoms with Crippen LogP contribution in [0.15, 0.2) is 48.7 Å². The summed E-state index contributed by atoms with van der Waals surface area (Å²) in [6.07, 6.45) is 1.77. The number of aliphatic carboxylic acids is 1. The van der Waals surface area contributed by atoms with Gasteiger partial charge in [0.2, 0.25) is 0 Å². The summed E-state index contributed by atoms with van der Waals surface area (Å²) in [5.41, 5.74) is 3.66. The highest BCUT2D eigenvalue weighted by molar-refractivity contribution is 5.69. The van der Waals surface area contributed by atoms with E-state index in [-0.39, 0.29) is 12.3 Å². The van der Waals surface area contributed by atoms with Gasteiger partial charge in [0, 0.05) is 17.8 Å². The molecule has 1 atom stereocenters. The van der Waals surface area contributed by atoms with Gasteiger partial charge >= 0.3 is 5.97 Å². The van der Waals surface area contributed by atoms with E-state index in [1.165, 1.54) is 0 Å². The molecule has 0 spiro atoms. The summed E-state index contributed by atoms with van der Waals surface area (Å²) < 4.78 is 7.19. The van der Waals surface area contributed by atoms with E-state index in [0.717, 1.165) is 28.3 Å². The second kappa shape index (κ2) is 6.12. The Balaban J connectivity index is 2.12. The molecule has 3 rings (SSSR count). The van der Waals surface area contributed by atoms with Crippen LogP contribution in [-0.4, -0.2) is 27.6 Å². The highest BCUT2D eigenvalue weighted by Crippen LogP contribution is 2.30. The van der Waals surface area contributed by atoms with Crippen LogP contribution in [0.25, 0.3) is 5.65 Å². The summed E-state index contributed by atoms with van der Waals surface area (Å²) >= 11 is 0. The third kappa shape index (κ3) is 2.90. The molecule has 5 nitrogen and oxygen atoms in total. The molecule has 5 heteroatoms. The van der Waals surface area contributed by atoms with Crippen LogP contribution in [0.4, 0.5) is 0 Å². The Kier molecular flexibility index (Phi) is 4.02. The highest BCUT2D eigenvalue weighted by atomic mass is 16.5. The summed E-state index contributed by atoms with van der Waals surface area (Å²) in [4.78, 5) is 15.8. The lowest BCUT2D eigenvalue weighted by molar-refractivity contribution is -0.137. The monoisotopic (exact) mass is 310 g/mol. The quantitative estimate of drug-likeness (QED) is 0.785. The number of carbonyl (C=O) groups is 1. The number of aryl methyl sites for hydroxylation is 1.